The Kier molecular flexibility index (Phi) is 6.58. The maximum Gasteiger partial charge on any atom is 0.318 e. The Morgan fingerprint density at radius 3 is 3.00 bits per heavy atom. The number of carbonyl (C=O) groups excluding carboxylic acids is 1. The monoisotopic (exact) mass is 322 g/mol. The third-order valence-electron chi connectivity index (χ3n) is 4.26. The Bertz CT molecular complexity index is 495. The molecule has 1 aliphatic rings. The van der Waals surface area contributed by atoms with E-state index < -0.39 is 0 Å². The number of nitrogens with zero attached hydrogens (tertiary/aromatic N) is 1. The number of aryl methyl sites for hydroxylation is 1. The number of hydrogen-bond donors (Lipinski definition) is 2. The first kappa shape index (κ1) is 17.2. The van der Waals surface area contributed by atoms with Crippen molar-refractivity contribution in [2.45, 2.75) is 37.5 Å². The molecule has 5 heteroatoms. The van der Waals surface area contributed by atoms with Crippen LogP contribution in [0.2, 0.25) is 0 Å². The number of amides is 2. The molecule has 22 heavy (non-hydrogen) atoms. The van der Waals surface area contributed by atoms with Crippen molar-refractivity contribution < 1.29 is 9.90 Å². The van der Waals surface area contributed by atoms with Gasteiger partial charge in [0, 0.05) is 18.3 Å². The van der Waals surface area contributed by atoms with E-state index >= 15 is 0 Å². The summed E-state index contributed by atoms with van der Waals surface area (Å²) in [6.07, 6.45) is 5.16. The van der Waals surface area contributed by atoms with Crippen molar-refractivity contribution in [1.29, 1.82) is 0 Å². The minimum Gasteiger partial charge on any atom is -0.395 e. The summed E-state index contributed by atoms with van der Waals surface area (Å²) >= 11 is 1.73. The van der Waals surface area contributed by atoms with Crippen LogP contribution in [0, 0.1) is 0 Å². The Morgan fingerprint density at radius 2 is 2.27 bits per heavy atom. The number of urea groups is 1. The molecule has 0 saturated carbocycles. The van der Waals surface area contributed by atoms with E-state index in [4.69, 9.17) is 0 Å². The van der Waals surface area contributed by atoms with Crippen LogP contribution in [-0.2, 0) is 6.42 Å². The number of aliphatic hydroxyl groups is 1. The lowest BCUT2D eigenvalue weighted by Crippen LogP contribution is -2.46. The van der Waals surface area contributed by atoms with Crippen LogP contribution in [0.3, 0.4) is 0 Å². The van der Waals surface area contributed by atoms with Gasteiger partial charge in [-0.25, -0.2) is 4.79 Å². The van der Waals surface area contributed by atoms with E-state index in [1.807, 2.05) is 12.3 Å². The molecular weight excluding hydrogens is 296 g/mol. The van der Waals surface area contributed by atoms with E-state index in [9.17, 15) is 9.90 Å². The Morgan fingerprint density at radius 1 is 1.50 bits per heavy atom. The fourth-order valence-corrected chi connectivity index (χ4v) is 3.22. The quantitative estimate of drug-likeness (QED) is 0.847. The molecule has 0 radical (unpaired) electrons. The first-order valence-corrected chi connectivity index (χ1v) is 9.22. The molecule has 0 aromatic heterocycles. The summed E-state index contributed by atoms with van der Waals surface area (Å²) < 4.78 is 0. The zero-order chi connectivity index (χ0) is 15.9. The minimum absolute atomic E-state index is 0.00975. The molecule has 0 fully saturated rings. The minimum atomic E-state index is -0.0725. The Balaban J connectivity index is 2.13. The topological polar surface area (TPSA) is 52.6 Å². The summed E-state index contributed by atoms with van der Waals surface area (Å²) in [6, 6.07) is 8.34. The Labute approximate surface area is 137 Å². The molecule has 1 aliphatic carbocycles. The van der Waals surface area contributed by atoms with Crippen LogP contribution in [0.15, 0.2) is 24.3 Å². The van der Waals surface area contributed by atoms with Crippen molar-refractivity contribution in [2.24, 2.45) is 0 Å². The predicted octanol–water partition coefficient (Wildman–Crippen LogP) is 2.82. The summed E-state index contributed by atoms with van der Waals surface area (Å²) in [5.74, 6) is 0. The van der Waals surface area contributed by atoms with Crippen LogP contribution in [0.5, 0.6) is 0 Å². The fraction of sp³-hybridized carbons (Fsp3) is 0.588. The highest BCUT2D eigenvalue weighted by Crippen LogP contribution is 2.34. The smallest absolute Gasteiger partial charge is 0.318 e. The van der Waals surface area contributed by atoms with Crippen LogP contribution >= 0.6 is 11.8 Å². The molecule has 0 aliphatic heterocycles. The van der Waals surface area contributed by atoms with Crippen molar-refractivity contribution in [3.63, 3.8) is 0 Å². The highest BCUT2D eigenvalue weighted by molar-refractivity contribution is 7.99. The summed E-state index contributed by atoms with van der Waals surface area (Å²) in [5, 5.41) is 12.8. The van der Waals surface area contributed by atoms with E-state index in [1.165, 1.54) is 11.1 Å². The predicted molar refractivity (Wildman–Crippen MR) is 92.3 cm³/mol. The molecule has 2 amide bonds. The van der Waals surface area contributed by atoms with Gasteiger partial charge in [0.2, 0.25) is 0 Å². The van der Waals surface area contributed by atoms with Gasteiger partial charge in [0.05, 0.1) is 12.6 Å². The number of carbonyl (C=O) groups is 1. The van der Waals surface area contributed by atoms with E-state index in [0.717, 1.165) is 19.3 Å². The first-order valence-electron chi connectivity index (χ1n) is 7.93. The van der Waals surface area contributed by atoms with Crippen LogP contribution in [0.1, 0.15) is 36.9 Å². The first-order chi connectivity index (χ1) is 10.7. The van der Waals surface area contributed by atoms with Gasteiger partial charge in [0.1, 0.15) is 0 Å². The molecule has 0 saturated heterocycles. The number of hydrogen-bond acceptors (Lipinski definition) is 3. The zero-order valence-electron chi connectivity index (χ0n) is 13.4. The van der Waals surface area contributed by atoms with Crippen LogP contribution < -0.4 is 5.32 Å². The molecule has 1 aromatic rings. The average Bonchev–Trinajstić information content (AvgIpc) is 2.56. The molecule has 4 nitrogen and oxygen atoms in total. The van der Waals surface area contributed by atoms with Crippen molar-refractivity contribution >= 4 is 17.8 Å². The van der Waals surface area contributed by atoms with Crippen molar-refractivity contribution in [3.05, 3.63) is 35.4 Å². The normalized spacial score (nSPS) is 18.4. The van der Waals surface area contributed by atoms with Crippen molar-refractivity contribution in [2.75, 3.05) is 26.0 Å². The van der Waals surface area contributed by atoms with Crippen LogP contribution in [0.4, 0.5) is 4.79 Å². The Hall–Kier alpha value is -1.20. The second kappa shape index (κ2) is 8.44. The molecule has 0 bridgehead atoms. The summed E-state index contributed by atoms with van der Waals surface area (Å²) in [4.78, 5) is 14.4. The van der Waals surface area contributed by atoms with Crippen LogP contribution in [0.25, 0.3) is 0 Å². The molecule has 2 atom stereocenters. The maximum absolute atomic E-state index is 12.6. The van der Waals surface area contributed by atoms with E-state index in [2.05, 4.69) is 30.4 Å². The van der Waals surface area contributed by atoms with Gasteiger partial charge in [0.15, 0.2) is 0 Å². The number of nitrogens with one attached hydrogen (secondary N) is 1. The lowest BCUT2D eigenvalue weighted by molar-refractivity contribution is 0.144. The summed E-state index contributed by atoms with van der Waals surface area (Å²) in [5.41, 5.74) is 2.56. The third-order valence-corrected chi connectivity index (χ3v) is 5.23. The SMILES string of the molecule is CSC(C)CNC(=O)N(CCO)C1CCCc2ccccc21. The molecule has 1 aromatic carbocycles. The molecule has 2 N–H and O–H groups in total. The number of rotatable bonds is 6. The van der Waals surface area contributed by atoms with Crippen molar-refractivity contribution in [1.82, 2.24) is 10.2 Å². The van der Waals surface area contributed by atoms with Gasteiger partial charge in [-0.05, 0) is 36.6 Å². The summed E-state index contributed by atoms with van der Waals surface area (Å²) in [6.45, 7) is 3.11. The van der Waals surface area contributed by atoms with E-state index in [-0.39, 0.29) is 18.7 Å². The molecule has 2 rings (SSSR count). The lowest BCUT2D eigenvalue weighted by atomic mass is 9.87. The van der Waals surface area contributed by atoms with Crippen LogP contribution in [-0.4, -0.2) is 47.2 Å². The van der Waals surface area contributed by atoms with Crippen molar-refractivity contribution in [3.8, 4) is 0 Å². The van der Waals surface area contributed by atoms with Gasteiger partial charge in [-0.2, -0.15) is 11.8 Å². The average molecular weight is 322 g/mol. The summed E-state index contributed by atoms with van der Waals surface area (Å²) in [7, 11) is 0. The highest BCUT2D eigenvalue weighted by Gasteiger charge is 2.28. The molecule has 0 spiro atoms. The molecule has 2 unspecified atom stereocenters. The maximum atomic E-state index is 12.6. The number of thioether (sulfide) groups is 1. The molecule has 0 heterocycles. The third kappa shape index (κ3) is 4.17. The van der Waals surface area contributed by atoms with Gasteiger partial charge < -0.3 is 15.3 Å². The molecular formula is C17H26N2O2S. The van der Waals surface area contributed by atoms with E-state index in [0.29, 0.717) is 18.3 Å². The van der Waals surface area contributed by atoms with Gasteiger partial charge in [-0.15, -0.1) is 0 Å². The fourth-order valence-electron chi connectivity index (χ4n) is 2.97. The van der Waals surface area contributed by atoms with Gasteiger partial charge >= 0.3 is 6.03 Å². The standard InChI is InChI=1S/C17H26N2O2S/c1-13(22-2)12-18-17(21)19(10-11-20)16-9-5-7-14-6-3-4-8-15(14)16/h3-4,6,8,13,16,20H,5,7,9-12H2,1-2H3,(H,18,21). The highest BCUT2D eigenvalue weighted by atomic mass is 32.2. The molecule has 122 valence electrons. The number of aliphatic hydroxyl groups excluding tert-OH is 1. The zero-order valence-corrected chi connectivity index (χ0v) is 14.2. The largest absolute Gasteiger partial charge is 0.395 e. The number of fused-ring (bicyclic) bond motifs is 1. The van der Waals surface area contributed by atoms with E-state index in [1.54, 1.807) is 16.7 Å². The number of benzene rings is 1. The second-order valence-electron chi connectivity index (χ2n) is 5.76. The van der Waals surface area contributed by atoms with Gasteiger partial charge in [-0.1, -0.05) is 31.2 Å². The second-order valence-corrected chi connectivity index (χ2v) is 7.03. The van der Waals surface area contributed by atoms with Gasteiger partial charge in [0.25, 0.3) is 0 Å². The lowest BCUT2D eigenvalue weighted by Gasteiger charge is -2.35. The van der Waals surface area contributed by atoms with Gasteiger partial charge in [-0.3, -0.25) is 0 Å².